The van der Waals surface area contributed by atoms with E-state index in [2.05, 4.69) is 17.0 Å². The average molecular weight is 425 g/mol. The Morgan fingerprint density at radius 3 is 2.41 bits per heavy atom. The number of sulfonamides is 1. The van der Waals surface area contributed by atoms with Gasteiger partial charge in [-0.3, -0.25) is 14.5 Å². The third-order valence-electron chi connectivity index (χ3n) is 4.96. The van der Waals surface area contributed by atoms with E-state index in [1.54, 1.807) is 24.8 Å². The Balaban J connectivity index is 1.98. The van der Waals surface area contributed by atoms with E-state index in [0.29, 0.717) is 44.8 Å². The van der Waals surface area contributed by atoms with E-state index in [1.807, 2.05) is 4.90 Å². The number of benzene rings is 1. The lowest BCUT2D eigenvalue weighted by Gasteiger charge is -2.34. The van der Waals surface area contributed by atoms with Gasteiger partial charge in [0.05, 0.1) is 11.4 Å². The van der Waals surface area contributed by atoms with Crippen molar-refractivity contribution < 1.29 is 18.0 Å². The first kappa shape index (κ1) is 23.3. The molecule has 1 aliphatic heterocycles. The molecule has 0 unspecified atom stereocenters. The number of nitrogens with zero attached hydrogens (tertiary/aromatic N) is 2. The zero-order valence-electron chi connectivity index (χ0n) is 17.5. The maximum atomic E-state index is 13.0. The second kappa shape index (κ2) is 10.7. The van der Waals surface area contributed by atoms with E-state index in [4.69, 9.17) is 0 Å². The van der Waals surface area contributed by atoms with Crippen molar-refractivity contribution in [2.45, 2.75) is 38.5 Å². The number of unbranched alkanes of at least 4 members (excludes halogenated alkanes) is 1. The van der Waals surface area contributed by atoms with Gasteiger partial charge in [0.2, 0.25) is 15.9 Å². The average Bonchev–Trinajstić information content (AvgIpc) is 2.68. The topological polar surface area (TPSA) is 98.8 Å². The fraction of sp³-hybridized carbons (Fsp3) is 0.600. The minimum Gasteiger partial charge on any atom is -0.355 e. The monoisotopic (exact) mass is 424 g/mol. The molecule has 0 atom stereocenters. The summed E-state index contributed by atoms with van der Waals surface area (Å²) in [6.45, 7) is 9.14. The first-order chi connectivity index (χ1) is 13.8. The van der Waals surface area contributed by atoms with Crippen LogP contribution in [0.3, 0.4) is 0 Å². The van der Waals surface area contributed by atoms with E-state index in [9.17, 15) is 18.0 Å². The molecule has 1 heterocycles. The maximum absolute atomic E-state index is 13.0. The molecule has 9 heteroatoms. The van der Waals surface area contributed by atoms with E-state index in [-0.39, 0.29) is 23.3 Å². The minimum atomic E-state index is -3.62. The van der Waals surface area contributed by atoms with Gasteiger partial charge in [-0.1, -0.05) is 26.3 Å². The number of nitrogens with one attached hydrogen (secondary N) is 2. The van der Waals surface area contributed by atoms with Crippen molar-refractivity contribution in [3.8, 4) is 0 Å². The Bertz CT molecular complexity index is 818. The largest absolute Gasteiger partial charge is 0.355 e. The number of hydrogen-bond acceptors (Lipinski definition) is 5. The molecule has 162 valence electrons. The molecule has 0 aromatic heterocycles. The van der Waals surface area contributed by atoms with Gasteiger partial charge >= 0.3 is 0 Å². The Hall–Kier alpha value is -1.97. The fourth-order valence-corrected chi connectivity index (χ4v) is 4.28. The van der Waals surface area contributed by atoms with Crippen molar-refractivity contribution in [1.82, 2.24) is 19.8 Å². The van der Waals surface area contributed by atoms with Crippen molar-refractivity contribution in [3.63, 3.8) is 0 Å². The van der Waals surface area contributed by atoms with Crippen LogP contribution >= 0.6 is 0 Å². The molecule has 1 fully saturated rings. The fourth-order valence-electron chi connectivity index (χ4n) is 3.22. The molecule has 1 saturated heterocycles. The summed E-state index contributed by atoms with van der Waals surface area (Å²) in [4.78, 5) is 28.8. The highest BCUT2D eigenvalue weighted by Crippen LogP contribution is 2.18. The lowest BCUT2D eigenvalue weighted by atomic mass is 10.1. The number of piperazine rings is 1. The molecule has 2 rings (SSSR count). The molecule has 2 amide bonds. The normalized spacial score (nSPS) is 15.3. The van der Waals surface area contributed by atoms with Gasteiger partial charge in [-0.05, 0) is 31.0 Å². The summed E-state index contributed by atoms with van der Waals surface area (Å²) >= 11 is 0. The standard InChI is InChI=1S/C20H32N4O4S/c1-4-6-9-21-19(25)15-23-10-12-24(13-11-23)20(26)18-14-17(8-7-16(18)3)29(27,28)22-5-2/h7-8,14,22H,4-6,9-13,15H2,1-3H3,(H,21,25). The van der Waals surface area contributed by atoms with Crippen LogP contribution in [0.1, 0.15) is 42.6 Å². The molecular weight excluding hydrogens is 392 g/mol. The molecule has 1 aliphatic rings. The highest BCUT2D eigenvalue weighted by Gasteiger charge is 2.25. The SMILES string of the molecule is CCCCNC(=O)CN1CCN(C(=O)c2cc(S(=O)(=O)NCC)ccc2C)CC1. The van der Waals surface area contributed by atoms with Crippen molar-refractivity contribution in [1.29, 1.82) is 0 Å². The number of rotatable bonds is 9. The van der Waals surface area contributed by atoms with Gasteiger partial charge in [0.25, 0.3) is 5.91 Å². The van der Waals surface area contributed by atoms with Crippen LogP contribution in [0, 0.1) is 6.92 Å². The molecule has 1 aromatic rings. The third kappa shape index (κ3) is 6.52. The van der Waals surface area contributed by atoms with Gasteiger partial charge in [0.15, 0.2) is 0 Å². The van der Waals surface area contributed by atoms with Crippen LogP contribution in [0.15, 0.2) is 23.1 Å². The molecule has 0 radical (unpaired) electrons. The van der Waals surface area contributed by atoms with E-state index in [1.165, 1.54) is 12.1 Å². The summed E-state index contributed by atoms with van der Waals surface area (Å²) in [5.41, 5.74) is 1.14. The minimum absolute atomic E-state index is 0.00963. The number of carbonyl (C=O) groups is 2. The molecule has 0 saturated carbocycles. The number of amides is 2. The molecule has 0 bridgehead atoms. The van der Waals surface area contributed by atoms with Crippen LogP contribution in [0.2, 0.25) is 0 Å². The van der Waals surface area contributed by atoms with E-state index >= 15 is 0 Å². The Morgan fingerprint density at radius 1 is 1.10 bits per heavy atom. The predicted molar refractivity (Wildman–Crippen MR) is 112 cm³/mol. The highest BCUT2D eigenvalue weighted by molar-refractivity contribution is 7.89. The Kier molecular flexibility index (Phi) is 8.60. The Morgan fingerprint density at radius 2 is 1.79 bits per heavy atom. The van der Waals surface area contributed by atoms with Gasteiger partial charge < -0.3 is 10.2 Å². The van der Waals surface area contributed by atoms with Crippen LogP contribution in [-0.2, 0) is 14.8 Å². The van der Waals surface area contributed by atoms with Crippen LogP contribution in [0.25, 0.3) is 0 Å². The van der Waals surface area contributed by atoms with Gasteiger partial charge in [-0.25, -0.2) is 13.1 Å². The maximum Gasteiger partial charge on any atom is 0.254 e. The van der Waals surface area contributed by atoms with Crippen LogP contribution in [0.4, 0.5) is 0 Å². The summed E-state index contributed by atoms with van der Waals surface area (Å²) < 4.78 is 27.0. The summed E-state index contributed by atoms with van der Waals surface area (Å²) in [7, 11) is -3.62. The highest BCUT2D eigenvalue weighted by atomic mass is 32.2. The number of aryl methyl sites for hydroxylation is 1. The summed E-state index contributed by atoms with van der Waals surface area (Å²) in [6, 6.07) is 4.62. The molecule has 8 nitrogen and oxygen atoms in total. The summed E-state index contributed by atoms with van der Waals surface area (Å²) in [6.07, 6.45) is 2.01. The van der Waals surface area contributed by atoms with Gasteiger partial charge in [-0.15, -0.1) is 0 Å². The summed E-state index contributed by atoms with van der Waals surface area (Å²) in [5.74, 6) is -0.168. The molecule has 2 N–H and O–H groups in total. The summed E-state index contributed by atoms with van der Waals surface area (Å²) in [5, 5.41) is 2.90. The smallest absolute Gasteiger partial charge is 0.254 e. The number of hydrogen-bond donors (Lipinski definition) is 2. The Labute approximate surface area is 173 Å². The van der Waals surface area contributed by atoms with Crippen LogP contribution in [0.5, 0.6) is 0 Å². The van der Waals surface area contributed by atoms with Gasteiger partial charge in [0, 0.05) is 44.8 Å². The van der Waals surface area contributed by atoms with E-state index < -0.39 is 10.0 Å². The lowest BCUT2D eigenvalue weighted by molar-refractivity contribution is -0.122. The van der Waals surface area contributed by atoms with Gasteiger partial charge in [0.1, 0.15) is 0 Å². The quantitative estimate of drug-likeness (QED) is 0.576. The molecular formula is C20H32N4O4S. The molecule has 1 aromatic carbocycles. The molecule has 0 aliphatic carbocycles. The molecule has 0 spiro atoms. The van der Waals surface area contributed by atoms with Crippen LogP contribution < -0.4 is 10.0 Å². The van der Waals surface area contributed by atoms with Crippen molar-refractivity contribution in [3.05, 3.63) is 29.3 Å². The van der Waals surface area contributed by atoms with E-state index in [0.717, 1.165) is 18.4 Å². The lowest BCUT2D eigenvalue weighted by Crippen LogP contribution is -2.51. The number of carbonyl (C=O) groups excluding carboxylic acids is 2. The predicted octanol–water partition coefficient (Wildman–Crippen LogP) is 0.967. The second-order valence-electron chi connectivity index (χ2n) is 7.25. The first-order valence-electron chi connectivity index (χ1n) is 10.2. The van der Waals surface area contributed by atoms with Gasteiger partial charge in [-0.2, -0.15) is 0 Å². The molecule has 29 heavy (non-hydrogen) atoms. The second-order valence-corrected chi connectivity index (χ2v) is 9.02. The van der Waals surface area contributed by atoms with Crippen molar-refractivity contribution in [2.75, 3.05) is 45.8 Å². The third-order valence-corrected chi connectivity index (χ3v) is 6.51. The first-order valence-corrected chi connectivity index (χ1v) is 11.7. The van der Waals surface area contributed by atoms with Crippen LogP contribution in [-0.4, -0.2) is 75.8 Å². The van der Waals surface area contributed by atoms with Crippen molar-refractivity contribution >= 4 is 21.8 Å². The zero-order chi connectivity index (χ0) is 21.4. The zero-order valence-corrected chi connectivity index (χ0v) is 18.3. The van der Waals surface area contributed by atoms with Crippen molar-refractivity contribution in [2.24, 2.45) is 0 Å².